The van der Waals surface area contributed by atoms with Gasteiger partial charge in [-0.05, 0) is 70.9 Å². The Hall–Kier alpha value is -2.03. The van der Waals surface area contributed by atoms with Crippen LogP contribution in [0.25, 0.3) is 6.08 Å². The van der Waals surface area contributed by atoms with Crippen LogP contribution >= 0.6 is 39.9 Å². The Morgan fingerprint density at radius 2 is 1.93 bits per heavy atom. The van der Waals surface area contributed by atoms with Gasteiger partial charge in [-0.3, -0.25) is 9.69 Å². The predicted molar refractivity (Wildman–Crippen MR) is 128 cm³/mol. The molecule has 8 heteroatoms. The summed E-state index contributed by atoms with van der Waals surface area (Å²) >= 11 is 10.3. The molecule has 0 atom stereocenters. The van der Waals surface area contributed by atoms with Gasteiger partial charge in [-0.2, -0.15) is 0 Å². The van der Waals surface area contributed by atoms with E-state index in [4.69, 9.17) is 21.7 Å². The maximum atomic E-state index is 13.0. The van der Waals surface area contributed by atoms with E-state index in [1.54, 1.807) is 12.0 Å². The van der Waals surface area contributed by atoms with Crippen molar-refractivity contribution in [1.29, 1.82) is 0 Å². The fourth-order valence-corrected chi connectivity index (χ4v) is 4.72. The first-order valence-electron chi connectivity index (χ1n) is 8.91. The van der Waals surface area contributed by atoms with Crippen LogP contribution in [0, 0.1) is 0 Å². The first kappa shape index (κ1) is 21.7. The third-order valence-corrected chi connectivity index (χ3v) is 6.15. The van der Waals surface area contributed by atoms with Crippen molar-refractivity contribution in [3.63, 3.8) is 0 Å². The Bertz CT molecular complexity index is 975. The molecule has 152 valence electrons. The van der Waals surface area contributed by atoms with Crippen molar-refractivity contribution in [1.82, 2.24) is 0 Å². The monoisotopic (exact) mass is 492 g/mol. The molecule has 0 saturated carbocycles. The van der Waals surface area contributed by atoms with E-state index >= 15 is 0 Å². The molecule has 0 unspecified atom stereocenters. The van der Waals surface area contributed by atoms with E-state index in [0.717, 1.165) is 21.4 Å². The number of carbonyl (C=O) groups excluding carboxylic acids is 1. The van der Waals surface area contributed by atoms with Gasteiger partial charge in [0.1, 0.15) is 0 Å². The molecule has 1 fully saturated rings. The molecule has 0 aliphatic carbocycles. The summed E-state index contributed by atoms with van der Waals surface area (Å²) in [4.78, 5) is 17.1. The second kappa shape index (κ2) is 9.19. The van der Waals surface area contributed by atoms with Crippen molar-refractivity contribution in [3.8, 4) is 11.5 Å². The average molecular weight is 493 g/mol. The van der Waals surface area contributed by atoms with Crippen LogP contribution in [-0.4, -0.2) is 38.0 Å². The molecule has 1 heterocycles. The molecule has 2 aromatic rings. The fraction of sp³-hybridized carbons (Fsp3) is 0.238. The molecule has 1 aliphatic rings. The van der Waals surface area contributed by atoms with Gasteiger partial charge in [0.25, 0.3) is 5.91 Å². The first-order chi connectivity index (χ1) is 13.8. The predicted octanol–water partition coefficient (Wildman–Crippen LogP) is 5.33. The van der Waals surface area contributed by atoms with Gasteiger partial charge in [0.05, 0.1) is 28.8 Å². The zero-order chi connectivity index (χ0) is 21.1. The third kappa shape index (κ3) is 4.60. The summed E-state index contributed by atoms with van der Waals surface area (Å²) in [6.45, 7) is 2.44. The van der Waals surface area contributed by atoms with Crippen LogP contribution in [0.5, 0.6) is 11.5 Å². The van der Waals surface area contributed by atoms with Crippen LogP contribution in [0.2, 0.25) is 0 Å². The zero-order valence-electron chi connectivity index (χ0n) is 16.6. The molecule has 0 radical (unpaired) electrons. The maximum absolute atomic E-state index is 13.0. The molecular formula is C21H21BrN2O3S2. The van der Waals surface area contributed by atoms with Gasteiger partial charge in [0.2, 0.25) is 0 Å². The van der Waals surface area contributed by atoms with E-state index in [0.29, 0.717) is 27.3 Å². The minimum Gasteiger partial charge on any atom is -0.493 e. The average Bonchev–Trinajstić information content (AvgIpc) is 2.97. The number of hydrogen-bond acceptors (Lipinski definition) is 6. The summed E-state index contributed by atoms with van der Waals surface area (Å²) in [5.74, 6) is 1.10. The highest BCUT2D eigenvalue weighted by Gasteiger charge is 2.33. The smallest absolute Gasteiger partial charge is 0.270 e. The number of nitrogens with zero attached hydrogens (tertiary/aromatic N) is 2. The van der Waals surface area contributed by atoms with Gasteiger partial charge >= 0.3 is 0 Å². The number of hydrogen-bond donors (Lipinski definition) is 0. The number of ether oxygens (including phenoxy) is 2. The summed E-state index contributed by atoms with van der Waals surface area (Å²) in [6.07, 6.45) is 1.82. The van der Waals surface area contributed by atoms with E-state index in [2.05, 4.69) is 15.9 Å². The zero-order valence-corrected chi connectivity index (χ0v) is 19.8. The molecule has 1 amide bonds. The summed E-state index contributed by atoms with van der Waals surface area (Å²) in [7, 11) is 5.53. The van der Waals surface area contributed by atoms with Gasteiger partial charge in [-0.25, -0.2) is 0 Å². The number of rotatable bonds is 6. The maximum Gasteiger partial charge on any atom is 0.270 e. The fourth-order valence-electron chi connectivity index (χ4n) is 2.85. The summed E-state index contributed by atoms with van der Waals surface area (Å²) in [5, 5.41) is 0. The normalized spacial score (nSPS) is 15.2. The van der Waals surface area contributed by atoms with E-state index in [1.165, 1.54) is 11.8 Å². The van der Waals surface area contributed by atoms with Crippen molar-refractivity contribution in [2.75, 3.05) is 37.6 Å². The van der Waals surface area contributed by atoms with Crippen LogP contribution in [-0.2, 0) is 4.79 Å². The Labute approximate surface area is 188 Å². The molecule has 5 nitrogen and oxygen atoms in total. The molecule has 0 bridgehead atoms. The summed E-state index contributed by atoms with van der Waals surface area (Å²) < 4.78 is 12.3. The quantitative estimate of drug-likeness (QED) is 0.401. The van der Waals surface area contributed by atoms with Crippen molar-refractivity contribution < 1.29 is 14.3 Å². The van der Waals surface area contributed by atoms with Crippen LogP contribution in [0.1, 0.15) is 12.5 Å². The highest BCUT2D eigenvalue weighted by molar-refractivity contribution is 9.10. The van der Waals surface area contributed by atoms with E-state index in [1.807, 2.05) is 68.4 Å². The Balaban J connectivity index is 1.91. The topological polar surface area (TPSA) is 42.0 Å². The van der Waals surface area contributed by atoms with Crippen LogP contribution in [0.4, 0.5) is 11.4 Å². The number of thioether (sulfide) groups is 1. The lowest BCUT2D eigenvalue weighted by Crippen LogP contribution is -2.27. The molecular weight excluding hydrogens is 472 g/mol. The second-order valence-electron chi connectivity index (χ2n) is 6.40. The Morgan fingerprint density at radius 1 is 1.24 bits per heavy atom. The lowest BCUT2D eigenvalue weighted by molar-refractivity contribution is -0.113. The van der Waals surface area contributed by atoms with Crippen LogP contribution in [0.15, 0.2) is 45.8 Å². The summed E-state index contributed by atoms with van der Waals surface area (Å²) in [6, 6.07) is 11.5. The molecule has 2 aromatic carbocycles. The van der Waals surface area contributed by atoms with Gasteiger partial charge < -0.3 is 14.4 Å². The highest BCUT2D eigenvalue weighted by atomic mass is 79.9. The Morgan fingerprint density at radius 3 is 2.52 bits per heavy atom. The minimum absolute atomic E-state index is 0.137. The molecule has 1 saturated heterocycles. The van der Waals surface area contributed by atoms with E-state index < -0.39 is 0 Å². The molecule has 3 rings (SSSR count). The van der Waals surface area contributed by atoms with Gasteiger partial charge in [-0.15, -0.1) is 0 Å². The third-order valence-electron chi connectivity index (χ3n) is 4.26. The van der Waals surface area contributed by atoms with Gasteiger partial charge in [0.15, 0.2) is 15.8 Å². The lowest BCUT2D eigenvalue weighted by Gasteiger charge is -2.17. The Kier molecular flexibility index (Phi) is 6.87. The van der Waals surface area contributed by atoms with Crippen LogP contribution < -0.4 is 19.3 Å². The van der Waals surface area contributed by atoms with Gasteiger partial charge in [-0.1, -0.05) is 24.0 Å². The molecule has 0 N–H and O–H groups in total. The molecule has 0 spiro atoms. The minimum atomic E-state index is -0.137. The van der Waals surface area contributed by atoms with Crippen molar-refractivity contribution >= 4 is 67.6 Å². The standard InChI is InChI=1S/C21H21BrN2O3S2/c1-5-27-19-16(22)10-13(11-17(19)26-4)12-18-20(25)24(21(28)29-18)15-8-6-14(7-9-15)23(2)3/h6-12H,5H2,1-4H3. The number of benzene rings is 2. The lowest BCUT2D eigenvalue weighted by atomic mass is 10.1. The van der Waals surface area contributed by atoms with E-state index in [-0.39, 0.29) is 5.91 Å². The van der Waals surface area contributed by atoms with Gasteiger partial charge in [0, 0.05) is 19.8 Å². The summed E-state index contributed by atoms with van der Waals surface area (Å²) in [5.41, 5.74) is 2.63. The van der Waals surface area contributed by atoms with Crippen molar-refractivity contribution in [2.24, 2.45) is 0 Å². The molecule has 29 heavy (non-hydrogen) atoms. The van der Waals surface area contributed by atoms with Crippen molar-refractivity contribution in [3.05, 3.63) is 51.3 Å². The van der Waals surface area contributed by atoms with Crippen molar-refractivity contribution in [2.45, 2.75) is 6.92 Å². The number of halogens is 1. The second-order valence-corrected chi connectivity index (χ2v) is 8.93. The highest BCUT2D eigenvalue weighted by Crippen LogP contribution is 2.40. The van der Waals surface area contributed by atoms with E-state index in [9.17, 15) is 4.79 Å². The number of carbonyl (C=O) groups is 1. The number of methoxy groups -OCH3 is 1. The first-order valence-corrected chi connectivity index (χ1v) is 10.9. The molecule has 0 aromatic heterocycles. The number of amides is 1. The largest absolute Gasteiger partial charge is 0.493 e. The van der Waals surface area contributed by atoms with Crippen LogP contribution in [0.3, 0.4) is 0 Å². The number of thiocarbonyl (C=S) groups is 1. The SMILES string of the molecule is CCOc1c(Br)cc(C=C2SC(=S)N(c3ccc(N(C)C)cc3)C2=O)cc1OC. The number of anilines is 2. The molecule has 1 aliphatic heterocycles.